The number of hydrogen-bond donors (Lipinski definition) is 1. The lowest BCUT2D eigenvalue weighted by atomic mass is 10.1. The van der Waals surface area contributed by atoms with Gasteiger partial charge in [-0.3, -0.25) is 0 Å². The Hall–Kier alpha value is -1.12. The summed E-state index contributed by atoms with van der Waals surface area (Å²) in [5.74, 6) is 1.63. The van der Waals surface area contributed by atoms with Gasteiger partial charge in [0.1, 0.15) is 12.1 Å². The zero-order valence-electron chi connectivity index (χ0n) is 9.25. The predicted molar refractivity (Wildman–Crippen MR) is 59.4 cm³/mol. The van der Waals surface area contributed by atoms with E-state index >= 15 is 0 Å². The summed E-state index contributed by atoms with van der Waals surface area (Å²) in [4.78, 5) is 8.33. The molecule has 14 heavy (non-hydrogen) atoms. The van der Waals surface area contributed by atoms with Gasteiger partial charge in [-0.15, -0.1) is 0 Å². The molecule has 78 valence electrons. The molecule has 1 rings (SSSR count). The van der Waals surface area contributed by atoms with Crippen LogP contribution >= 0.6 is 0 Å². The van der Waals surface area contributed by atoms with E-state index in [1.807, 2.05) is 6.07 Å². The van der Waals surface area contributed by atoms with Crippen LogP contribution in [0.2, 0.25) is 0 Å². The summed E-state index contributed by atoms with van der Waals surface area (Å²) in [7, 11) is 0. The Kier molecular flexibility index (Phi) is 4.36. The van der Waals surface area contributed by atoms with Gasteiger partial charge in [-0.2, -0.15) is 0 Å². The number of nitrogens with one attached hydrogen (secondary N) is 1. The minimum absolute atomic E-state index is 0.690. The van der Waals surface area contributed by atoms with E-state index in [0.29, 0.717) is 5.92 Å². The van der Waals surface area contributed by atoms with E-state index in [2.05, 4.69) is 36.1 Å². The van der Waals surface area contributed by atoms with Gasteiger partial charge in [-0.1, -0.05) is 27.2 Å². The number of aryl methyl sites for hydroxylation is 1. The average molecular weight is 193 g/mol. The molecule has 0 bridgehead atoms. The fourth-order valence-electron chi connectivity index (χ4n) is 1.11. The molecule has 0 fully saturated rings. The average Bonchev–Trinajstić information content (AvgIpc) is 2.26. The molecule has 3 nitrogen and oxygen atoms in total. The van der Waals surface area contributed by atoms with Gasteiger partial charge in [0.25, 0.3) is 0 Å². The van der Waals surface area contributed by atoms with Crippen LogP contribution in [0.1, 0.15) is 32.9 Å². The second-order valence-electron chi connectivity index (χ2n) is 3.64. The van der Waals surface area contributed by atoms with Crippen LogP contribution < -0.4 is 5.32 Å². The van der Waals surface area contributed by atoms with Crippen LogP contribution in [0.5, 0.6) is 0 Å². The fraction of sp³-hybridized carbons (Fsp3) is 0.636. The molecule has 0 aliphatic heterocycles. The van der Waals surface area contributed by atoms with E-state index in [-0.39, 0.29) is 0 Å². The van der Waals surface area contributed by atoms with E-state index < -0.39 is 0 Å². The summed E-state index contributed by atoms with van der Waals surface area (Å²) in [5.41, 5.74) is 1.09. The fourth-order valence-corrected chi connectivity index (χ4v) is 1.11. The van der Waals surface area contributed by atoms with E-state index in [1.165, 1.54) is 6.42 Å². The molecular weight excluding hydrogens is 174 g/mol. The van der Waals surface area contributed by atoms with Gasteiger partial charge >= 0.3 is 0 Å². The van der Waals surface area contributed by atoms with E-state index in [9.17, 15) is 0 Å². The van der Waals surface area contributed by atoms with Gasteiger partial charge in [-0.05, 0) is 12.3 Å². The normalized spacial score (nSPS) is 12.5. The first kappa shape index (κ1) is 11.0. The van der Waals surface area contributed by atoms with Crippen LogP contribution in [-0.4, -0.2) is 16.5 Å². The summed E-state index contributed by atoms with van der Waals surface area (Å²) in [6.45, 7) is 7.51. The van der Waals surface area contributed by atoms with Crippen LogP contribution in [0.4, 0.5) is 5.82 Å². The maximum Gasteiger partial charge on any atom is 0.129 e. The van der Waals surface area contributed by atoms with Crippen molar-refractivity contribution in [2.24, 2.45) is 5.92 Å². The van der Waals surface area contributed by atoms with Gasteiger partial charge in [0, 0.05) is 18.3 Å². The summed E-state index contributed by atoms with van der Waals surface area (Å²) in [5, 5.41) is 3.32. The third kappa shape index (κ3) is 3.32. The predicted octanol–water partition coefficient (Wildman–Crippen LogP) is 2.50. The van der Waals surface area contributed by atoms with Crippen molar-refractivity contribution in [3.05, 3.63) is 18.1 Å². The SMILES string of the molecule is CCc1cc(NCC(C)CC)ncn1. The molecule has 0 aromatic carbocycles. The van der Waals surface area contributed by atoms with Crippen molar-refractivity contribution in [2.45, 2.75) is 33.6 Å². The molecule has 0 radical (unpaired) electrons. The lowest BCUT2D eigenvalue weighted by Gasteiger charge is -2.10. The minimum Gasteiger partial charge on any atom is -0.370 e. The monoisotopic (exact) mass is 193 g/mol. The van der Waals surface area contributed by atoms with Gasteiger partial charge < -0.3 is 5.32 Å². The summed E-state index contributed by atoms with van der Waals surface area (Å²) >= 11 is 0. The third-order valence-electron chi connectivity index (χ3n) is 2.41. The van der Waals surface area contributed by atoms with E-state index in [0.717, 1.165) is 24.5 Å². The van der Waals surface area contributed by atoms with Gasteiger partial charge in [0.15, 0.2) is 0 Å². The molecule has 0 spiro atoms. The van der Waals surface area contributed by atoms with Crippen molar-refractivity contribution in [1.82, 2.24) is 9.97 Å². The van der Waals surface area contributed by atoms with Crippen LogP contribution in [0, 0.1) is 5.92 Å². The van der Waals surface area contributed by atoms with E-state index in [1.54, 1.807) is 6.33 Å². The third-order valence-corrected chi connectivity index (χ3v) is 2.41. The van der Waals surface area contributed by atoms with Gasteiger partial charge in [0.05, 0.1) is 0 Å². The lowest BCUT2D eigenvalue weighted by Crippen LogP contribution is -2.11. The molecule has 0 aliphatic rings. The largest absolute Gasteiger partial charge is 0.370 e. The van der Waals surface area contributed by atoms with Crippen LogP contribution in [0.15, 0.2) is 12.4 Å². The molecular formula is C11H19N3. The number of nitrogens with zero attached hydrogens (tertiary/aromatic N) is 2. The van der Waals surface area contributed by atoms with Crippen molar-refractivity contribution >= 4 is 5.82 Å². The maximum absolute atomic E-state index is 4.17. The number of rotatable bonds is 5. The van der Waals surface area contributed by atoms with Crippen molar-refractivity contribution in [3.63, 3.8) is 0 Å². The molecule has 1 N–H and O–H groups in total. The van der Waals surface area contributed by atoms with Gasteiger partial charge in [0.2, 0.25) is 0 Å². The Labute approximate surface area is 86.0 Å². The highest BCUT2D eigenvalue weighted by Gasteiger charge is 2.00. The Morgan fingerprint density at radius 2 is 2.14 bits per heavy atom. The number of anilines is 1. The second kappa shape index (κ2) is 5.58. The van der Waals surface area contributed by atoms with Crippen LogP contribution in [0.3, 0.4) is 0 Å². The zero-order valence-corrected chi connectivity index (χ0v) is 9.25. The molecule has 0 amide bonds. The molecule has 1 atom stereocenters. The number of aromatic nitrogens is 2. The molecule has 1 aromatic rings. The van der Waals surface area contributed by atoms with E-state index in [4.69, 9.17) is 0 Å². The highest BCUT2D eigenvalue weighted by atomic mass is 15.0. The summed E-state index contributed by atoms with van der Waals surface area (Å²) < 4.78 is 0. The molecule has 1 unspecified atom stereocenters. The molecule has 0 saturated heterocycles. The number of hydrogen-bond acceptors (Lipinski definition) is 3. The summed E-state index contributed by atoms with van der Waals surface area (Å²) in [6, 6.07) is 2.02. The Balaban J connectivity index is 2.50. The molecule has 1 aromatic heterocycles. The van der Waals surface area contributed by atoms with Crippen LogP contribution in [0.25, 0.3) is 0 Å². The molecule has 3 heteroatoms. The zero-order chi connectivity index (χ0) is 10.4. The quantitative estimate of drug-likeness (QED) is 0.780. The molecule has 1 heterocycles. The Morgan fingerprint density at radius 3 is 2.79 bits per heavy atom. The van der Waals surface area contributed by atoms with Crippen LogP contribution in [-0.2, 0) is 6.42 Å². The Morgan fingerprint density at radius 1 is 1.36 bits per heavy atom. The van der Waals surface area contributed by atoms with Crippen molar-refractivity contribution in [1.29, 1.82) is 0 Å². The highest BCUT2D eigenvalue weighted by Crippen LogP contribution is 2.07. The first-order valence-corrected chi connectivity index (χ1v) is 5.31. The smallest absolute Gasteiger partial charge is 0.129 e. The topological polar surface area (TPSA) is 37.8 Å². The maximum atomic E-state index is 4.17. The first-order chi connectivity index (χ1) is 6.76. The van der Waals surface area contributed by atoms with Crippen molar-refractivity contribution < 1.29 is 0 Å². The first-order valence-electron chi connectivity index (χ1n) is 5.31. The lowest BCUT2D eigenvalue weighted by molar-refractivity contribution is 0.592. The van der Waals surface area contributed by atoms with Crippen molar-refractivity contribution in [2.75, 3.05) is 11.9 Å². The Bertz CT molecular complexity index is 273. The molecule has 0 saturated carbocycles. The minimum atomic E-state index is 0.690. The van der Waals surface area contributed by atoms with Crippen molar-refractivity contribution in [3.8, 4) is 0 Å². The molecule has 0 aliphatic carbocycles. The standard InChI is InChI=1S/C11H19N3/c1-4-9(3)7-12-11-6-10(5-2)13-8-14-11/h6,8-9H,4-5,7H2,1-3H3,(H,12,13,14). The summed E-state index contributed by atoms with van der Waals surface area (Å²) in [6.07, 6.45) is 3.77. The second-order valence-corrected chi connectivity index (χ2v) is 3.64. The van der Waals surface area contributed by atoms with Gasteiger partial charge in [-0.25, -0.2) is 9.97 Å². The highest BCUT2D eigenvalue weighted by molar-refractivity contribution is 5.34.